The number of carbonyl (C=O) groups excluding carboxylic acids is 1. The van der Waals surface area contributed by atoms with Crippen LogP contribution in [0.15, 0.2) is 48.5 Å². The van der Waals surface area contributed by atoms with E-state index in [0.29, 0.717) is 5.02 Å². The van der Waals surface area contributed by atoms with Crippen molar-refractivity contribution in [2.45, 2.75) is 6.04 Å². The van der Waals surface area contributed by atoms with Gasteiger partial charge >= 0.3 is 0 Å². The average molecular weight is 374 g/mol. The summed E-state index contributed by atoms with van der Waals surface area (Å²) >= 11 is 6.01. The number of phenols is 1. The van der Waals surface area contributed by atoms with Gasteiger partial charge < -0.3 is 14.9 Å². The van der Waals surface area contributed by atoms with E-state index in [9.17, 15) is 9.90 Å². The fourth-order valence-corrected chi connectivity index (χ4v) is 3.43. The molecule has 1 N–H and O–H groups in total. The molecule has 0 aromatic heterocycles. The lowest BCUT2D eigenvalue weighted by Gasteiger charge is -2.40. The summed E-state index contributed by atoms with van der Waals surface area (Å²) in [6, 6.07) is 14.5. The highest BCUT2D eigenvalue weighted by Gasteiger charge is 2.31. The van der Waals surface area contributed by atoms with Crippen molar-refractivity contribution in [1.82, 2.24) is 9.80 Å². The van der Waals surface area contributed by atoms with Crippen LogP contribution in [0.4, 0.5) is 5.69 Å². The van der Waals surface area contributed by atoms with Gasteiger partial charge in [-0.1, -0.05) is 23.7 Å². The third kappa shape index (κ3) is 4.11. The van der Waals surface area contributed by atoms with Gasteiger partial charge in [0.2, 0.25) is 5.91 Å². The van der Waals surface area contributed by atoms with Crippen LogP contribution in [0, 0.1) is 0 Å². The summed E-state index contributed by atoms with van der Waals surface area (Å²) in [7, 11) is 3.58. The molecule has 5 nitrogen and oxygen atoms in total. The molecular formula is C20H24ClN3O2. The smallest absolute Gasteiger partial charge is 0.244 e. The maximum absolute atomic E-state index is 12.8. The molecule has 1 heterocycles. The summed E-state index contributed by atoms with van der Waals surface area (Å²) in [6.45, 7) is 3.23. The topological polar surface area (TPSA) is 47.0 Å². The van der Waals surface area contributed by atoms with Crippen LogP contribution < -0.4 is 4.90 Å². The van der Waals surface area contributed by atoms with Crippen LogP contribution in [0.3, 0.4) is 0 Å². The quantitative estimate of drug-likeness (QED) is 0.895. The number of nitrogens with zero attached hydrogens (tertiary/aromatic N) is 3. The van der Waals surface area contributed by atoms with Crippen LogP contribution in [-0.4, -0.2) is 61.1 Å². The Bertz CT molecular complexity index is 739. The molecule has 1 aliphatic rings. The number of benzene rings is 2. The second kappa shape index (κ2) is 7.98. The number of likely N-dealkylation sites (N-methyl/N-ethyl adjacent to an activating group) is 1. The Hall–Kier alpha value is -2.24. The van der Waals surface area contributed by atoms with Gasteiger partial charge in [-0.2, -0.15) is 0 Å². The van der Waals surface area contributed by atoms with Crippen LogP contribution in [0.25, 0.3) is 0 Å². The van der Waals surface area contributed by atoms with Gasteiger partial charge in [0.25, 0.3) is 0 Å². The normalized spacial score (nSPS) is 16.3. The van der Waals surface area contributed by atoms with E-state index in [4.69, 9.17) is 11.6 Å². The highest BCUT2D eigenvalue weighted by Crippen LogP contribution is 2.27. The van der Waals surface area contributed by atoms with Crippen molar-refractivity contribution in [3.05, 3.63) is 59.1 Å². The second-order valence-electron chi connectivity index (χ2n) is 6.73. The zero-order valence-electron chi connectivity index (χ0n) is 15.1. The minimum Gasteiger partial charge on any atom is -0.508 e. The number of hydrogen-bond donors (Lipinski definition) is 1. The molecule has 0 saturated carbocycles. The van der Waals surface area contributed by atoms with Gasteiger partial charge in [-0.3, -0.25) is 9.69 Å². The Balaban J connectivity index is 1.75. The predicted octanol–water partition coefficient (Wildman–Crippen LogP) is 3.00. The molecule has 1 aliphatic heterocycles. The maximum atomic E-state index is 12.8. The Kier molecular flexibility index (Phi) is 5.69. The lowest BCUT2D eigenvalue weighted by molar-refractivity contribution is -0.134. The minimum atomic E-state index is -0.302. The van der Waals surface area contributed by atoms with Gasteiger partial charge in [0.1, 0.15) is 11.8 Å². The summed E-state index contributed by atoms with van der Waals surface area (Å²) in [5.74, 6) is 0.345. The van der Waals surface area contributed by atoms with E-state index in [1.54, 1.807) is 31.1 Å². The Labute approximate surface area is 159 Å². The van der Waals surface area contributed by atoms with Crippen LogP contribution in [0.5, 0.6) is 5.75 Å². The molecule has 1 fully saturated rings. The number of carbonyl (C=O) groups is 1. The number of hydrogen-bond acceptors (Lipinski definition) is 4. The Morgan fingerprint density at radius 3 is 2.12 bits per heavy atom. The van der Waals surface area contributed by atoms with Crippen molar-refractivity contribution in [1.29, 1.82) is 0 Å². The van der Waals surface area contributed by atoms with Crippen LogP contribution in [0.2, 0.25) is 5.02 Å². The fraction of sp³-hybridized carbons (Fsp3) is 0.350. The Morgan fingerprint density at radius 1 is 1.00 bits per heavy atom. The molecule has 138 valence electrons. The first kappa shape index (κ1) is 18.5. The van der Waals surface area contributed by atoms with Crippen molar-refractivity contribution in [2.75, 3.05) is 45.2 Å². The number of anilines is 1. The molecule has 0 spiro atoms. The number of aromatic hydroxyl groups is 1. The summed E-state index contributed by atoms with van der Waals surface area (Å²) in [4.78, 5) is 19.0. The standard InChI is InChI=1S/C20H24ClN3O2/c1-22(2)20(26)19(15-3-5-16(21)6-4-15)24-13-11-23(12-14-24)17-7-9-18(25)10-8-17/h3-10,19,25H,11-14H2,1-2H3/t19-/m0/s1. The van der Waals surface area contributed by atoms with Gasteiger partial charge in [0.15, 0.2) is 0 Å². The van der Waals surface area contributed by atoms with Gasteiger partial charge in [0, 0.05) is 51.0 Å². The van der Waals surface area contributed by atoms with Crippen molar-refractivity contribution in [3.8, 4) is 5.75 Å². The molecule has 3 rings (SSSR count). The van der Waals surface area contributed by atoms with Gasteiger partial charge in [0.05, 0.1) is 0 Å². The number of piperazine rings is 1. The number of amides is 1. The molecule has 6 heteroatoms. The highest BCUT2D eigenvalue weighted by molar-refractivity contribution is 6.30. The van der Waals surface area contributed by atoms with E-state index in [1.165, 1.54) is 0 Å². The SMILES string of the molecule is CN(C)C(=O)[C@H](c1ccc(Cl)cc1)N1CCN(c2ccc(O)cc2)CC1. The van der Waals surface area contributed by atoms with Crippen LogP contribution in [0.1, 0.15) is 11.6 Å². The van der Waals surface area contributed by atoms with Crippen molar-refractivity contribution >= 4 is 23.2 Å². The van der Waals surface area contributed by atoms with Crippen molar-refractivity contribution < 1.29 is 9.90 Å². The van der Waals surface area contributed by atoms with E-state index < -0.39 is 0 Å². The zero-order chi connectivity index (χ0) is 18.7. The third-order valence-electron chi connectivity index (χ3n) is 4.75. The average Bonchev–Trinajstić information content (AvgIpc) is 2.64. The number of halogens is 1. The zero-order valence-corrected chi connectivity index (χ0v) is 15.9. The second-order valence-corrected chi connectivity index (χ2v) is 7.16. The van der Waals surface area contributed by atoms with Crippen LogP contribution >= 0.6 is 11.6 Å². The Morgan fingerprint density at radius 2 is 1.58 bits per heavy atom. The molecule has 2 aromatic carbocycles. The van der Waals surface area contributed by atoms with Crippen molar-refractivity contribution in [2.24, 2.45) is 0 Å². The fourth-order valence-electron chi connectivity index (χ4n) is 3.30. The van der Waals surface area contributed by atoms with Gasteiger partial charge in [-0.25, -0.2) is 0 Å². The minimum absolute atomic E-state index is 0.0744. The molecule has 1 saturated heterocycles. The molecule has 0 bridgehead atoms. The molecular weight excluding hydrogens is 350 g/mol. The van der Waals surface area contributed by atoms with E-state index in [0.717, 1.165) is 37.4 Å². The van der Waals surface area contributed by atoms with Gasteiger partial charge in [-0.15, -0.1) is 0 Å². The monoisotopic (exact) mass is 373 g/mol. The largest absolute Gasteiger partial charge is 0.508 e. The first-order chi connectivity index (χ1) is 12.5. The summed E-state index contributed by atoms with van der Waals surface area (Å²) in [5, 5.41) is 10.1. The van der Waals surface area contributed by atoms with E-state index in [-0.39, 0.29) is 17.7 Å². The molecule has 0 aliphatic carbocycles. The number of phenolic OH excluding ortho intramolecular Hbond substituents is 1. The van der Waals surface area contributed by atoms with Gasteiger partial charge in [-0.05, 0) is 42.0 Å². The number of rotatable bonds is 4. The van der Waals surface area contributed by atoms with E-state index in [2.05, 4.69) is 9.80 Å². The molecule has 1 amide bonds. The molecule has 1 atom stereocenters. The molecule has 2 aromatic rings. The third-order valence-corrected chi connectivity index (χ3v) is 5.01. The highest BCUT2D eigenvalue weighted by atomic mass is 35.5. The lowest BCUT2D eigenvalue weighted by atomic mass is 10.0. The first-order valence-corrected chi connectivity index (χ1v) is 9.08. The summed E-state index contributed by atoms with van der Waals surface area (Å²) in [5.41, 5.74) is 2.05. The molecule has 0 unspecified atom stereocenters. The van der Waals surface area contributed by atoms with E-state index in [1.807, 2.05) is 36.4 Å². The lowest BCUT2D eigenvalue weighted by Crippen LogP contribution is -2.51. The maximum Gasteiger partial charge on any atom is 0.244 e. The van der Waals surface area contributed by atoms with E-state index >= 15 is 0 Å². The summed E-state index contributed by atoms with van der Waals surface area (Å²) in [6.07, 6.45) is 0. The molecule has 0 radical (unpaired) electrons. The molecule has 26 heavy (non-hydrogen) atoms. The summed E-state index contributed by atoms with van der Waals surface area (Å²) < 4.78 is 0. The predicted molar refractivity (Wildman–Crippen MR) is 105 cm³/mol. The van der Waals surface area contributed by atoms with Crippen molar-refractivity contribution in [3.63, 3.8) is 0 Å². The first-order valence-electron chi connectivity index (χ1n) is 8.70. The van der Waals surface area contributed by atoms with Crippen LogP contribution in [-0.2, 0) is 4.79 Å².